The van der Waals surface area contributed by atoms with Crippen molar-refractivity contribution in [3.8, 4) is 22.1 Å². The van der Waals surface area contributed by atoms with E-state index in [1.165, 1.54) is 11.3 Å². The number of rotatable bonds is 3. The van der Waals surface area contributed by atoms with Crippen LogP contribution in [0.2, 0.25) is 4.34 Å². The average molecular weight is 362 g/mol. The van der Waals surface area contributed by atoms with Crippen molar-refractivity contribution in [2.45, 2.75) is 13.3 Å². The van der Waals surface area contributed by atoms with Gasteiger partial charge in [-0.2, -0.15) is 0 Å². The van der Waals surface area contributed by atoms with Gasteiger partial charge < -0.3 is 14.6 Å². The highest BCUT2D eigenvalue weighted by molar-refractivity contribution is 7.19. The van der Waals surface area contributed by atoms with Crippen molar-refractivity contribution in [3.05, 3.63) is 39.7 Å². The summed E-state index contributed by atoms with van der Waals surface area (Å²) >= 11 is 7.42. The largest absolute Gasteiger partial charge is 0.481 e. The van der Waals surface area contributed by atoms with Crippen molar-refractivity contribution in [1.29, 1.82) is 0 Å². The lowest BCUT2D eigenvalue weighted by Crippen LogP contribution is -2.06. The van der Waals surface area contributed by atoms with Crippen LogP contribution in [0.3, 0.4) is 0 Å². The molecule has 0 radical (unpaired) electrons. The number of hydrogen-bond donors (Lipinski definition) is 1. The first kappa shape index (κ1) is 15.2. The minimum absolute atomic E-state index is 0.103. The molecule has 4 rings (SSSR count). The van der Waals surface area contributed by atoms with Crippen molar-refractivity contribution >= 4 is 39.8 Å². The third-order valence-corrected chi connectivity index (χ3v) is 5.24. The third-order valence-electron chi connectivity index (χ3n) is 4.00. The maximum Gasteiger partial charge on any atom is 0.307 e. The Labute approximate surface area is 146 Å². The van der Waals surface area contributed by atoms with Crippen molar-refractivity contribution in [2.75, 3.05) is 6.79 Å². The zero-order valence-electron chi connectivity index (χ0n) is 12.6. The number of aryl methyl sites for hydroxylation is 1. The number of aliphatic carboxylic acids is 1. The summed E-state index contributed by atoms with van der Waals surface area (Å²) in [4.78, 5) is 16.9. The van der Waals surface area contributed by atoms with Crippen molar-refractivity contribution < 1.29 is 19.4 Å². The first-order valence-electron chi connectivity index (χ1n) is 7.23. The van der Waals surface area contributed by atoms with Gasteiger partial charge in [0.05, 0.1) is 26.8 Å². The summed E-state index contributed by atoms with van der Waals surface area (Å²) in [6, 6.07) is 7.33. The van der Waals surface area contributed by atoms with Gasteiger partial charge >= 0.3 is 5.97 Å². The molecule has 0 amide bonds. The maximum atomic E-state index is 11.3. The summed E-state index contributed by atoms with van der Waals surface area (Å²) in [5.41, 5.74) is 2.95. The monoisotopic (exact) mass is 361 g/mol. The summed E-state index contributed by atoms with van der Waals surface area (Å²) in [5, 5.41) is 10.2. The third kappa shape index (κ3) is 2.48. The molecule has 5 nitrogen and oxygen atoms in total. The van der Waals surface area contributed by atoms with Gasteiger partial charge in [0.2, 0.25) is 6.79 Å². The van der Waals surface area contributed by atoms with Gasteiger partial charge in [0.25, 0.3) is 0 Å². The lowest BCUT2D eigenvalue weighted by Gasteiger charge is -2.13. The molecule has 7 heteroatoms. The zero-order valence-corrected chi connectivity index (χ0v) is 14.2. The Balaban J connectivity index is 2.01. The van der Waals surface area contributed by atoms with Crippen LogP contribution in [-0.4, -0.2) is 22.9 Å². The topological polar surface area (TPSA) is 68.7 Å². The molecule has 2 aromatic heterocycles. The van der Waals surface area contributed by atoms with E-state index in [-0.39, 0.29) is 13.2 Å². The smallest absolute Gasteiger partial charge is 0.307 e. The summed E-state index contributed by atoms with van der Waals surface area (Å²) in [7, 11) is 0. The molecule has 122 valence electrons. The maximum absolute atomic E-state index is 11.3. The van der Waals surface area contributed by atoms with E-state index in [0.29, 0.717) is 27.1 Å². The van der Waals surface area contributed by atoms with Gasteiger partial charge in [0.1, 0.15) is 0 Å². The van der Waals surface area contributed by atoms with Crippen LogP contribution in [0.25, 0.3) is 21.5 Å². The fourth-order valence-electron chi connectivity index (χ4n) is 2.87. The normalized spacial score (nSPS) is 12.8. The molecule has 0 fully saturated rings. The molecule has 3 heterocycles. The Hall–Kier alpha value is -2.31. The quantitative estimate of drug-likeness (QED) is 0.754. The second kappa shape index (κ2) is 5.65. The number of carboxylic acid groups (broad SMARTS) is 1. The number of halogens is 1. The van der Waals surface area contributed by atoms with Gasteiger partial charge in [-0.1, -0.05) is 11.6 Å². The number of thiophene rings is 1. The minimum Gasteiger partial charge on any atom is -0.481 e. The Morgan fingerprint density at radius 1 is 1.33 bits per heavy atom. The van der Waals surface area contributed by atoms with E-state index >= 15 is 0 Å². The summed E-state index contributed by atoms with van der Waals surface area (Å²) in [5.74, 6) is 0.403. The number of benzene rings is 1. The number of fused-ring (bicyclic) bond motifs is 2. The lowest BCUT2D eigenvalue weighted by molar-refractivity contribution is -0.136. The molecule has 24 heavy (non-hydrogen) atoms. The van der Waals surface area contributed by atoms with E-state index in [9.17, 15) is 9.90 Å². The van der Waals surface area contributed by atoms with Crippen LogP contribution < -0.4 is 9.47 Å². The first-order valence-corrected chi connectivity index (χ1v) is 8.42. The number of hydrogen-bond acceptors (Lipinski definition) is 5. The van der Waals surface area contributed by atoms with E-state index in [4.69, 9.17) is 26.1 Å². The Morgan fingerprint density at radius 2 is 2.08 bits per heavy atom. The van der Waals surface area contributed by atoms with E-state index < -0.39 is 5.97 Å². The molecule has 0 spiro atoms. The molecule has 3 aromatic rings. The molecule has 0 saturated carbocycles. The molecule has 0 unspecified atom stereocenters. The Morgan fingerprint density at radius 3 is 2.75 bits per heavy atom. The van der Waals surface area contributed by atoms with E-state index in [0.717, 1.165) is 21.3 Å². The van der Waals surface area contributed by atoms with Crippen molar-refractivity contribution in [1.82, 2.24) is 4.98 Å². The van der Waals surface area contributed by atoms with E-state index in [1.54, 1.807) is 6.07 Å². The van der Waals surface area contributed by atoms with Gasteiger partial charge in [0.15, 0.2) is 11.5 Å². The summed E-state index contributed by atoms with van der Waals surface area (Å²) in [6.45, 7) is 2.09. The lowest BCUT2D eigenvalue weighted by atomic mass is 9.98. The molecule has 0 atom stereocenters. The van der Waals surface area contributed by atoms with Crippen LogP contribution >= 0.6 is 22.9 Å². The fraction of sp³-hybridized carbons (Fsp3) is 0.176. The molecular weight excluding hydrogens is 350 g/mol. The highest BCUT2D eigenvalue weighted by Crippen LogP contribution is 2.40. The fourth-order valence-corrected chi connectivity index (χ4v) is 3.93. The second-order valence-electron chi connectivity index (χ2n) is 5.46. The van der Waals surface area contributed by atoms with Gasteiger partial charge in [-0.25, -0.2) is 4.98 Å². The molecule has 0 aliphatic carbocycles. The summed E-state index contributed by atoms with van der Waals surface area (Å²) < 4.78 is 11.5. The first-order chi connectivity index (χ1) is 11.5. The predicted molar refractivity (Wildman–Crippen MR) is 92.3 cm³/mol. The molecule has 0 saturated heterocycles. The van der Waals surface area contributed by atoms with Crippen LogP contribution in [-0.2, 0) is 11.2 Å². The zero-order chi connectivity index (χ0) is 16.8. The number of aromatic nitrogens is 1. The molecular formula is C17H12ClNO4S. The molecule has 1 N–H and O–H groups in total. The number of ether oxygens (including phenoxy) is 2. The van der Waals surface area contributed by atoms with Gasteiger partial charge in [-0.3, -0.25) is 4.79 Å². The average Bonchev–Trinajstić information content (AvgIpc) is 3.16. The number of carbonyl (C=O) groups is 1. The van der Waals surface area contributed by atoms with Crippen molar-refractivity contribution in [2.24, 2.45) is 0 Å². The van der Waals surface area contributed by atoms with Crippen LogP contribution in [0.4, 0.5) is 0 Å². The Bertz CT molecular complexity index is 982. The van der Waals surface area contributed by atoms with E-state index in [1.807, 2.05) is 25.1 Å². The molecule has 1 aliphatic rings. The standard InChI is InChI=1S/C17H12ClNO4S/c1-8-9-4-12-13(23-7-22-12)6-11(9)19-17(10(8)5-16(20)21)14-2-3-15(18)24-14/h2-4,6H,5,7H2,1H3,(H,20,21). The highest BCUT2D eigenvalue weighted by atomic mass is 35.5. The number of carboxylic acids is 1. The Kier molecular flexibility index (Phi) is 3.58. The van der Waals surface area contributed by atoms with E-state index in [2.05, 4.69) is 0 Å². The predicted octanol–water partition coefficient (Wildman–Crippen LogP) is 4.28. The van der Waals surface area contributed by atoms with Crippen LogP contribution in [0.15, 0.2) is 24.3 Å². The minimum atomic E-state index is -0.899. The SMILES string of the molecule is Cc1c(CC(=O)O)c(-c2ccc(Cl)s2)nc2cc3c(cc12)OCO3. The number of nitrogens with zero attached hydrogens (tertiary/aromatic N) is 1. The molecule has 1 aliphatic heterocycles. The summed E-state index contributed by atoms with van der Waals surface area (Å²) in [6.07, 6.45) is -0.103. The second-order valence-corrected chi connectivity index (χ2v) is 7.18. The van der Waals surface area contributed by atoms with Gasteiger partial charge in [-0.05, 0) is 36.2 Å². The van der Waals surface area contributed by atoms with Crippen LogP contribution in [0.5, 0.6) is 11.5 Å². The van der Waals surface area contributed by atoms with Crippen LogP contribution in [0.1, 0.15) is 11.1 Å². The van der Waals surface area contributed by atoms with Gasteiger partial charge in [-0.15, -0.1) is 11.3 Å². The van der Waals surface area contributed by atoms with Crippen LogP contribution in [0, 0.1) is 6.92 Å². The number of pyridine rings is 1. The van der Waals surface area contributed by atoms with Gasteiger partial charge in [0, 0.05) is 11.5 Å². The molecule has 1 aromatic carbocycles. The highest BCUT2D eigenvalue weighted by Gasteiger charge is 2.21. The molecule has 0 bridgehead atoms. The van der Waals surface area contributed by atoms with Crippen molar-refractivity contribution in [3.63, 3.8) is 0 Å².